The number of halogens is 1. The number of cyclic esters (lactones) is 1. The van der Waals surface area contributed by atoms with Crippen molar-refractivity contribution in [3.05, 3.63) is 40.9 Å². The third kappa shape index (κ3) is 2.92. The zero-order chi connectivity index (χ0) is 15.7. The lowest BCUT2D eigenvalue weighted by Crippen LogP contribution is -2.25. The Morgan fingerprint density at radius 3 is 2.64 bits per heavy atom. The number of hydrogen-bond donors (Lipinski definition) is 0. The summed E-state index contributed by atoms with van der Waals surface area (Å²) < 4.78 is 6.73. The van der Waals surface area contributed by atoms with Gasteiger partial charge in [-0.1, -0.05) is 25.4 Å². The molecule has 0 N–H and O–H groups in total. The molecule has 2 heterocycles. The lowest BCUT2D eigenvalue weighted by molar-refractivity contribution is 0.156. The van der Waals surface area contributed by atoms with Crippen LogP contribution in [0.3, 0.4) is 0 Å². The van der Waals surface area contributed by atoms with Crippen molar-refractivity contribution in [1.82, 2.24) is 19.7 Å². The molecule has 1 aliphatic rings. The maximum atomic E-state index is 11.6. The number of hydrogen-bond acceptors (Lipinski definition) is 4. The lowest BCUT2D eigenvalue weighted by atomic mass is 10.2. The first-order chi connectivity index (χ1) is 10.5. The van der Waals surface area contributed by atoms with Gasteiger partial charge in [0.05, 0.1) is 18.8 Å². The number of carbonyl (C=O) groups is 1. The standard InChI is InChI=1S/C15H17ClN4O2/c1-10(2)14-17-13(9-19-7-8-22-15(19)21)20(18-14)12-5-3-11(16)4-6-12/h3-6,10H,7-9H2,1-2H3. The summed E-state index contributed by atoms with van der Waals surface area (Å²) >= 11 is 5.94. The van der Waals surface area contributed by atoms with Crippen molar-refractivity contribution in [1.29, 1.82) is 0 Å². The van der Waals surface area contributed by atoms with Gasteiger partial charge in [0, 0.05) is 10.9 Å². The lowest BCUT2D eigenvalue weighted by Gasteiger charge is -2.12. The van der Waals surface area contributed by atoms with Crippen LogP contribution in [-0.2, 0) is 11.3 Å². The third-order valence-corrected chi connectivity index (χ3v) is 3.71. The van der Waals surface area contributed by atoms with Gasteiger partial charge in [-0.25, -0.2) is 14.5 Å². The summed E-state index contributed by atoms with van der Waals surface area (Å²) in [4.78, 5) is 17.8. The van der Waals surface area contributed by atoms with E-state index in [1.807, 2.05) is 38.1 Å². The van der Waals surface area contributed by atoms with Crippen LogP contribution in [0.1, 0.15) is 31.4 Å². The average Bonchev–Trinajstić information content (AvgIpc) is 3.08. The molecule has 0 atom stereocenters. The highest BCUT2D eigenvalue weighted by atomic mass is 35.5. The number of nitrogens with zero attached hydrogens (tertiary/aromatic N) is 4. The van der Waals surface area contributed by atoms with E-state index in [1.54, 1.807) is 9.58 Å². The van der Waals surface area contributed by atoms with Gasteiger partial charge in [0.1, 0.15) is 6.61 Å². The summed E-state index contributed by atoms with van der Waals surface area (Å²) in [5.74, 6) is 1.67. The van der Waals surface area contributed by atoms with Crippen molar-refractivity contribution in [3.8, 4) is 5.69 Å². The van der Waals surface area contributed by atoms with E-state index in [-0.39, 0.29) is 12.0 Å². The number of aromatic nitrogens is 3. The Kier molecular flexibility index (Phi) is 4.02. The zero-order valence-electron chi connectivity index (χ0n) is 12.5. The van der Waals surface area contributed by atoms with Gasteiger partial charge in [-0.3, -0.25) is 4.90 Å². The van der Waals surface area contributed by atoms with Crippen LogP contribution in [0.25, 0.3) is 5.69 Å². The molecule has 3 rings (SSSR count). The summed E-state index contributed by atoms with van der Waals surface area (Å²) in [7, 11) is 0. The predicted octanol–water partition coefficient (Wildman–Crippen LogP) is 3.00. The van der Waals surface area contributed by atoms with E-state index < -0.39 is 0 Å². The Hall–Kier alpha value is -2.08. The fraction of sp³-hybridized carbons (Fsp3) is 0.400. The topological polar surface area (TPSA) is 60.3 Å². The Morgan fingerprint density at radius 1 is 1.32 bits per heavy atom. The number of rotatable bonds is 4. The van der Waals surface area contributed by atoms with Crippen molar-refractivity contribution in [2.45, 2.75) is 26.3 Å². The second kappa shape index (κ2) is 5.96. The first kappa shape index (κ1) is 14.8. The minimum absolute atomic E-state index is 0.206. The third-order valence-electron chi connectivity index (χ3n) is 3.46. The fourth-order valence-corrected chi connectivity index (χ4v) is 2.36. The summed E-state index contributed by atoms with van der Waals surface area (Å²) in [5.41, 5.74) is 0.867. The summed E-state index contributed by atoms with van der Waals surface area (Å²) in [6.45, 7) is 5.44. The normalized spacial score (nSPS) is 14.7. The minimum atomic E-state index is -0.309. The smallest absolute Gasteiger partial charge is 0.410 e. The molecule has 0 bridgehead atoms. The summed E-state index contributed by atoms with van der Waals surface area (Å²) in [6.07, 6.45) is -0.309. The number of benzene rings is 1. The molecule has 22 heavy (non-hydrogen) atoms. The Morgan fingerprint density at radius 2 is 2.05 bits per heavy atom. The van der Waals surface area contributed by atoms with Gasteiger partial charge in [-0.05, 0) is 24.3 Å². The van der Waals surface area contributed by atoms with Crippen molar-refractivity contribution < 1.29 is 9.53 Å². The van der Waals surface area contributed by atoms with Crippen LogP contribution in [0.4, 0.5) is 4.79 Å². The van der Waals surface area contributed by atoms with E-state index in [4.69, 9.17) is 16.3 Å². The molecule has 0 unspecified atom stereocenters. The monoisotopic (exact) mass is 320 g/mol. The van der Waals surface area contributed by atoms with Crippen LogP contribution in [0.5, 0.6) is 0 Å². The largest absolute Gasteiger partial charge is 0.448 e. The average molecular weight is 321 g/mol. The molecule has 1 aromatic heterocycles. The fourth-order valence-electron chi connectivity index (χ4n) is 2.24. The quantitative estimate of drug-likeness (QED) is 0.869. The van der Waals surface area contributed by atoms with Gasteiger partial charge in [0.2, 0.25) is 0 Å². The van der Waals surface area contributed by atoms with E-state index >= 15 is 0 Å². The summed E-state index contributed by atoms with van der Waals surface area (Å²) in [6, 6.07) is 7.38. The van der Waals surface area contributed by atoms with Gasteiger partial charge in [-0.15, -0.1) is 0 Å². The first-order valence-corrected chi connectivity index (χ1v) is 7.56. The van der Waals surface area contributed by atoms with E-state index in [9.17, 15) is 4.79 Å². The highest BCUT2D eigenvalue weighted by Crippen LogP contribution is 2.19. The second-order valence-electron chi connectivity index (χ2n) is 5.47. The minimum Gasteiger partial charge on any atom is -0.448 e. The van der Waals surface area contributed by atoms with Gasteiger partial charge in [0.15, 0.2) is 11.6 Å². The van der Waals surface area contributed by atoms with E-state index in [1.165, 1.54) is 0 Å². The molecule has 1 amide bonds. The molecule has 0 aliphatic carbocycles. The maximum Gasteiger partial charge on any atom is 0.410 e. The molecule has 0 radical (unpaired) electrons. The van der Waals surface area contributed by atoms with Crippen molar-refractivity contribution in [3.63, 3.8) is 0 Å². The van der Waals surface area contributed by atoms with Gasteiger partial charge < -0.3 is 4.74 Å². The highest BCUT2D eigenvalue weighted by molar-refractivity contribution is 6.30. The van der Waals surface area contributed by atoms with E-state index in [0.717, 1.165) is 11.5 Å². The van der Waals surface area contributed by atoms with Gasteiger partial charge >= 0.3 is 6.09 Å². The molecular formula is C15H17ClN4O2. The molecule has 1 aliphatic heterocycles. The van der Waals surface area contributed by atoms with Crippen LogP contribution in [0.15, 0.2) is 24.3 Å². The summed E-state index contributed by atoms with van der Waals surface area (Å²) in [5, 5.41) is 5.22. The highest BCUT2D eigenvalue weighted by Gasteiger charge is 2.25. The molecule has 116 valence electrons. The molecule has 6 nitrogen and oxygen atoms in total. The maximum absolute atomic E-state index is 11.6. The van der Waals surface area contributed by atoms with Crippen LogP contribution >= 0.6 is 11.6 Å². The Bertz CT molecular complexity index is 681. The molecule has 0 saturated carbocycles. The van der Waals surface area contributed by atoms with Crippen molar-refractivity contribution in [2.24, 2.45) is 0 Å². The van der Waals surface area contributed by atoms with Crippen LogP contribution in [0.2, 0.25) is 5.02 Å². The number of carbonyl (C=O) groups excluding carboxylic acids is 1. The SMILES string of the molecule is CC(C)c1nc(CN2CCOC2=O)n(-c2ccc(Cl)cc2)n1. The molecule has 7 heteroatoms. The Labute approximate surface area is 133 Å². The van der Waals surface area contributed by atoms with E-state index in [2.05, 4.69) is 10.1 Å². The van der Waals surface area contributed by atoms with Crippen LogP contribution in [0, 0.1) is 0 Å². The van der Waals surface area contributed by atoms with Gasteiger partial charge in [-0.2, -0.15) is 5.10 Å². The first-order valence-electron chi connectivity index (χ1n) is 7.18. The van der Waals surface area contributed by atoms with Crippen molar-refractivity contribution in [2.75, 3.05) is 13.2 Å². The van der Waals surface area contributed by atoms with Crippen molar-refractivity contribution >= 4 is 17.7 Å². The predicted molar refractivity (Wildman–Crippen MR) is 82.2 cm³/mol. The molecule has 0 spiro atoms. The second-order valence-corrected chi connectivity index (χ2v) is 5.90. The molecule has 1 fully saturated rings. The van der Waals surface area contributed by atoms with Gasteiger partial charge in [0.25, 0.3) is 0 Å². The number of amides is 1. The number of ether oxygens (including phenoxy) is 1. The Balaban J connectivity index is 1.96. The molecular weight excluding hydrogens is 304 g/mol. The van der Waals surface area contributed by atoms with Crippen LogP contribution < -0.4 is 0 Å². The van der Waals surface area contributed by atoms with E-state index in [0.29, 0.717) is 30.5 Å². The van der Waals surface area contributed by atoms with Crippen LogP contribution in [-0.4, -0.2) is 38.9 Å². The zero-order valence-corrected chi connectivity index (χ0v) is 13.2. The molecule has 2 aromatic rings. The molecule has 1 aromatic carbocycles. The molecule has 1 saturated heterocycles.